The van der Waals surface area contributed by atoms with E-state index in [0.29, 0.717) is 6.61 Å². The third-order valence-electron chi connectivity index (χ3n) is 3.30. The molecule has 1 heterocycles. The van der Waals surface area contributed by atoms with Gasteiger partial charge in [0.05, 0.1) is 12.7 Å². The van der Waals surface area contributed by atoms with Gasteiger partial charge < -0.3 is 19.8 Å². The van der Waals surface area contributed by atoms with E-state index in [1.807, 2.05) is 0 Å². The normalized spacial score (nSPS) is 12.9. The molecule has 0 bridgehead atoms. The summed E-state index contributed by atoms with van der Waals surface area (Å²) in [5, 5.41) is 4.72. The van der Waals surface area contributed by atoms with Crippen LogP contribution in [0.4, 0.5) is 0 Å². The van der Waals surface area contributed by atoms with Crippen molar-refractivity contribution >= 4 is 10.9 Å². The van der Waals surface area contributed by atoms with E-state index >= 15 is 0 Å². The highest BCUT2D eigenvalue weighted by Crippen LogP contribution is 2.17. The molecular formula is C15H22N2O2. The standard InChI is InChI=1S/C15H22N2O2/c1-18-11-13(19-2)10-16-8-7-12-9-17-15-6-4-3-5-14(12)15/h3-6,9,13,16-17H,7-8,10-11H2,1-2H3/t13-/m0/s1. The predicted molar refractivity (Wildman–Crippen MR) is 77.5 cm³/mol. The number of ether oxygens (including phenoxy) is 2. The molecule has 0 fully saturated rings. The van der Waals surface area contributed by atoms with Crippen LogP contribution in [0.2, 0.25) is 0 Å². The first-order valence-corrected chi connectivity index (χ1v) is 6.62. The van der Waals surface area contributed by atoms with Gasteiger partial charge in [-0.05, 0) is 24.6 Å². The lowest BCUT2D eigenvalue weighted by Gasteiger charge is -2.14. The first-order valence-electron chi connectivity index (χ1n) is 6.62. The molecule has 104 valence electrons. The highest BCUT2D eigenvalue weighted by Gasteiger charge is 2.06. The summed E-state index contributed by atoms with van der Waals surface area (Å²) >= 11 is 0. The van der Waals surface area contributed by atoms with Crippen LogP contribution in [0.15, 0.2) is 30.5 Å². The first kappa shape index (κ1) is 14.1. The van der Waals surface area contributed by atoms with Crippen LogP contribution in [0, 0.1) is 0 Å². The SMILES string of the molecule is COC[C@H](CNCCc1c[nH]c2ccccc12)OC. The maximum atomic E-state index is 5.30. The molecule has 1 atom stereocenters. The number of aromatic amines is 1. The Bertz CT molecular complexity index is 496. The van der Waals surface area contributed by atoms with Crippen LogP contribution in [0.3, 0.4) is 0 Å². The average molecular weight is 262 g/mol. The van der Waals surface area contributed by atoms with E-state index in [9.17, 15) is 0 Å². The van der Waals surface area contributed by atoms with Gasteiger partial charge in [-0.1, -0.05) is 18.2 Å². The zero-order valence-corrected chi connectivity index (χ0v) is 11.6. The number of hydrogen-bond acceptors (Lipinski definition) is 3. The number of para-hydroxylation sites is 1. The number of aromatic nitrogens is 1. The molecule has 4 heteroatoms. The second-order valence-electron chi connectivity index (χ2n) is 4.63. The lowest BCUT2D eigenvalue weighted by molar-refractivity contribution is 0.0291. The summed E-state index contributed by atoms with van der Waals surface area (Å²) in [5.41, 5.74) is 2.55. The Hall–Kier alpha value is -1.36. The molecule has 0 aliphatic heterocycles. The Labute approximate surface area is 114 Å². The van der Waals surface area contributed by atoms with Crippen molar-refractivity contribution in [3.8, 4) is 0 Å². The van der Waals surface area contributed by atoms with E-state index < -0.39 is 0 Å². The minimum atomic E-state index is 0.118. The molecule has 2 rings (SSSR count). The molecule has 1 aromatic heterocycles. The molecule has 0 amide bonds. The van der Waals surface area contributed by atoms with Gasteiger partial charge in [-0.2, -0.15) is 0 Å². The molecule has 0 unspecified atom stereocenters. The Morgan fingerprint density at radius 3 is 2.89 bits per heavy atom. The van der Waals surface area contributed by atoms with E-state index in [4.69, 9.17) is 9.47 Å². The van der Waals surface area contributed by atoms with Gasteiger partial charge in [0.15, 0.2) is 0 Å². The van der Waals surface area contributed by atoms with Gasteiger partial charge in [-0.15, -0.1) is 0 Å². The maximum absolute atomic E-state index is 5.30. The first-order chi connectivity index (χ1) is 9.35. The Morgan fingerprint density at radius 2 is 2.11 bits per heavy atom. The third-order valence-corrected chi connectivity index (χ3v) is 3.30. The van der Waals surface area contributed by atoms with Gasteiger partial charge >= 0.3 is 0 Å². The summed E-state index contributed by atoms with van der Waals surface area (Å²) in [6.45, 7) is 2.37. The Kier molecular flexibility index (Phi) is 5.39. The monoisotopic (exact) mass is 262 g/mol. The molecule has 0 aliphatic carbocycles. The summed E-state index contributed by atoms with van der Waals surface area (Å²) in [7, 11) is 3.41. The highest BCUT2D eigenvalue weighted by atomic mass is 16.5. The van der Waals surface area contributed by atoms with Gasteiger partial charge in [-0.3, -0.25) is 0 Å². The number of rotatable bonds is 8. The number of nitrogens with one attached hydrogen (secondary N) is 2. The third kappa shape index (κ3) is 3.80. The molecule has 0 aliphatic rings. The fraction of sp³-hybridized carbons (Fsp3) is 0.467. The summed E-state index contributed by atoms with van der Waals surface area (Å²) in [6, 6.07) is 8.39. The Morgan fingerprint density at radius 1 is 1.26 bits per heavy atom. The van der Waals surface area contributed by atoms with E-state index in [0.717, 1.165) is 19.5 Å². The fourth-order valence-corrected chi connectivity index (χ4v) is 2.22. The number of fused-ring (bicyclic) bond motifs is 1. The van der Waals surface area contributed by atoms with E-state index in [1.54, 1.807) is 14.2 Å². The van der Waals surface area contributed by atoms with Crippen LogP contribution >= 0.6 is 0 Å². The summed E-state index contributed by atoms with van der Waals surface area (Å²) in [5.74, 6) is 0. The van der Waals surface area contributed by atoms with Crippen molar-refractivity contribution < 1.29 is 9.47 Å². The second kappa shape index (κ2) is 7.28. The minimum absolute atomic E-state index is 0.118. The molecule has 0 spiro atoms. The van der Waals surface area contributed by atoms with Crippen molar-refractivity contribution in [3.05, 3.63) is 36.0 Å². The van der Waals surface area contributed by atoms with E-state index in [-0.39, 0.29) is 6.10 Å². The topological polar surface area (TPSA) is 46.3 Å². The second-order valence-corrected chi connectivity index (χ2v) is 4.63. The summed E-state index contributed by atoms with van der Waals surface area (Å²) in [6.07, 6.45) is 3.22. The average Bonchev–Trinajstić information content (AvgIpc) is 2.85. The van der Waals surface area contributed by atoms with Crippen molar-refractivity contribution in [3.63, 3.8) is 0 Å². The highest BCUT2D eigenvalue weighted by molar-refractivity contribution is 5.83. The number of hydrogen-bond donors (Lipinski definition) is 2. The minimum Gasteiger partial charge on any atom is -0.382 e. The zero-order valence-electron chi connectivity index (χ0n) is 11.6. The van der Waals surface area contributed by atoms with Crippen molar-refractivity contribution in [2.24, 2.45) is 0 Å². The Balaban J connectivity index is 1.79. The van der Waals surface area contributed by atoms with Crippen LogP contribution in [0.5, 0.6) is 0 Å². The lowest BCUT2D eigenvalue weighted by atomic mass is 10.1. The molecule has 1 aromatic carbocycles. The molecule has 0 saturated heterocycles. The summed E-state index contributed by atoms with van der Waals surface area (Å²) < 4.78 is 10.4. The van der Waals surface area contributed by atoms with E-state index in [1.165, 1.54) is 16.5 Å². The van der Waals surface area contributed by atoms with Crippen LogP contribution in [-0.4, -0.2) is 45.0 Å². The zero-order chi connectivity index (χ0) is 13.5. The maximum Gasteiger partial charge on any atom is 0.0928 e. The van der Waals surface area contributed by atoms with Crippen molar-refractivity contribution in [2.75, 3.05) is 33.9 Å². The molecule has 0 radical (unpaired) electrons. The smallest absolute Gasteiger partial charge is 0.0928 e. The fourth-order valence-electron chi connectivity index (χ4n) is 2.22. The molecule has 0 saturated carbocycles. The summed E-state index contributed by atoms with van der Waals surface area (Å²) in [4.78, 5) is 3.30. The van der Waals surface area contributed by atoms with Crippen LogP contribution < -0.4 is 5.32 Å². The molecule has 2 aromatic rings. The van der Waals surface area contributed by atoms with Crippen LogP contribution in [0.25, 0.3) is 10.9 Å². The largest absolute Gasteiger partial charge is 0.382 e. The van der Waals surface area contributed by atoms with Gasteiger partial charge in [-0.25, -0.2) is 0 Å². The van der Waals surface area contributed by atoms with Gasteiger partial charge in [0.1, 0.15) is 0 Å². The van der Waals surface area contributed by atoms with Gasteiger partial charge in [0.2, 0.25) is 0 Å². The van der Waals surface area contributed by atoms with Crippen molar-refractivity contribution in [2.45, 2.75) is 12.5 Å². The van der Waals surface area contributed by atoms with Crippen molar-refractivity contribution in [1.82, 2.24) is 10.3 Å². The van der Waals surface area contributed by atoms with Crippen LogP contribution in [-0.2, 0) is 15.9 Å². The predicted octanol–water partition coefficient (Wildman–Crippen LogP) is 1.96. The van der Waals surface area contributed by atoms with Crippen LogP contribution in [0.1, 0.15) is 5.56 Å². The molecule has 2 N–H and O–H groups in total. The van der Waals surface area contributed by atoms with Crippen molar-refractivity contribution in [1.29, 1.82) is 0 Å². The molecule has 19 heavy (non-hydrogen) atoms. The van der Waals surface area contributed by atoms with Gasteiger partial charge in [0.25, 0.3) is 0 Å². The molecular weight excluding hydrogens is 240 g/mol. The number of benzene rings is 1. The lowest BCUT2D eigenvalue weighted by Crippen LogP contribution is -2.32. The molecule has 4 nitrogen and oxygen atoms in total. The van der Waals surface area contributed by atoms with E-state index in [2.05, 4.69) is 40.8 Å². The number of H-pyrrole nitrogens is 1. The number of methoxy groups -OCH3 is 2. The quantitative estimate of drug-likeness (QED) is 0.715. The van der Waals surface area contributed by atoms with Gasteiger partial charge in [0, 0.05) is 37.9 Å².